The van der Waals surface area contributed by atoms with Gasteiger partial charge in [-0.05, 0) is 33.3 Å². The number of esters is 3. The first kappa shape index (κ1) is 31.7. The second-order valence-corrected chi connectivity index (χ2v) is 15.0. The summed E-state index contributed by atoms with van der Waals surface area (Å²) in [4.78, 5) is 40.8. The lowest BCUT2D eigenvalue weighted by molar-refractivity contribution is -0.295. The lowest BCUT2D eigenvalue weighted by atomic mass is 9.38. The minimum Gasteiger partial charge on any atom is -0.469 e. The van der Waals surface area contributed by atoms with Crippen molar-refractivity contribution in [1.82, 2.24) is 0 Å². The molecule has 0 radical (unpaired) electrons. The maximum absolute atomic E-state index is 14.0. The van der Waals surface area contributed by atoms with E-state index in [1.54, 1.807) is 32.9 Å². The van der Waals surface area contributed by atoms with Crippen molar-refractivity contribution in [3.05, 3.63) is 24.0 Å². The van der Waals surface area contributed by atoms with E-state index >= 15 is 0 Å². The van der Waals surface area contributed by atoms with Crippen LogP contribution in [-0.4, -0.2) is 120 Å². The van der Waals surface area contributed by atoms with Gasteiger partial charge in [0.1, 0.15) is 22.7 Å². The molecule has 16 atom stereocenters. The van der Waals surface area contributed by atoms with Crippen molar-refractivity contribution in [2.45, 2.75) is 100 Å². The van der Waals surface area contributed by atoms with E-state index in [-0.39, 0.29) is 19.6 Å². The van der Waals surface area contributed by atoms with Crippen LogP contribution in [0.1, 0.15) is 40.5 Å². The average molecular weight is 663 g/mol. The minimum atomic E-state index is -1.66. The van der Waals surface area contributed by atoms with Crippen LogP contribution >= 0.6 is 0 Å². The van der Waals surface area contributed by atoms with Crippen molar-refractivity contribution in [2.75, 3.05) is 27.4 Å². The van der Waals surface area contributed by atoms with Crippen molar-refractivity contribution in [1.29, 1.82) is 0 Å². The SMILES string of the molecule is C/C=C(\C)C(=O)O[C@@H]1C[C@H](O)[C@]23COC(C(=O)OC)[C@H]2[C@](C)(C24OC2(C)C2C[C@H]4O[C@@H]4OC=CC24O)[C@H](O)[C@@H]2OC[C@@]1(C(=O)OC)C23. The first-order valence-corrected chi connectivity index (χ1v) is 16.2. The molecule has 47 heavy (non-hydrogen) atoms. The van der Waals surface area contributed by atoms with Gasteiger partial charge in [0.05, 0.1) is 58.1 Å². The summed E-state index contributed by atoms with van der Waals surface area (Å²) in [7, 11) is 2.45. The summed E-state index contributed by atoms with van der Waals surface area (Å²) >= 11 is 0. The Hall–Kier alpha value is -2.59. The third kappa shape index (κ3) is 3.20. The van der Waals surface area contributed by atoms with Crippen LogP contribution in [0.4, 0.5) is 0 Å². The first-order chi connectivity index (χ1) is 22.2. The van der Waals surface area contributed by atoms with E-state index in [1.165, 1.54) is 20.5 Å². The number of hydrogen-bond donors (Lipinski definition) is 3. The van der Waals surface area contributed by atoms with Crippen molar-refractivity contribution >= 4 is 17.9 Å². The second-order valence-electron chi connectivity index (χ2n) is 15.0. The third-order valence-corrected chi connectivity index (χ3v) is 13.8. The number of methoxy groups -OCH3 is 2. The number of allylic oxidation sites excluding steroid dienone is 1. The van der Waals surface area contributed by atoms with Gasteiger partial charge in [-0.2, -0.15) is 0 Å². The third-order valence-electron chi connectivity index (χ3n) is 13.8. The van der Waals surface area contributed by atoms with Crippen LogP contribution in [-0.2, 0) is 52.3 Å². The molecule has 258 valence electrons. The van der Waals surface area contributed by atoms with E-state index in [0.29, 0.717) is 12.0 Å². The van der Waals surface area contributed by atoms with Gasteiger partial charge in [-0.1, -0.05) is 13.0 Å². The maximum Gasteiger partial charge on any atom is 0.335 e. The zero-order valence-corrected chi connectivity index (χ0v) is 27.2. The average Bonchev–Trinajstić information content (AvgIpc) is 3.49. The molecule has 2 bridgehead atoms. The predicted molar refractivity (Wildman–Crippen MR) is 154 cm³/mol. The van der Waals surface area contributed by atoms with Crippen LogP contribution in [0.15, 0.2) is 24.0 Å². The molecule has 3 saturated carbocycles. The fourth-order valence-corrected chi connectivity index (χ4v) is 11.7. The minimum absolute atomic E-state index is 0.196. The zero-order chi connectivity index (χ0) is 33.7. The van der Waals surface area contributed by atoms with Gasteiger partial charge in [0.2, 0.25) is 6.29 Å². The van der Waals surface area contributed by atoms with Crippen molar-refractivity contribution < 1.29 is 67.6 Å². The van der Waals surface area contributed by atoms with Crippen molar-refractivity contribution in [3.63, 3.8) is 0 Å². The van der Waals surface area contributed by atoms with Crippen LogP contribution in [0.5, 0.6) is 0 Å². The van der Waals surface area contributed by atoms with Gasteiger partial charge >= 0.3 is 17.9 Å². The molecule has 14 nitrogen and oxygen atoms in total. The van der Waals surface area contributed by atoms with Gasteiger partial charge in [-0.25, -0.2) is 9.59 Å². The van der Waals surface area contributed by atoms with E-state index in [2.05, 4.69) is 0 Å². The molecule has 3 N–H and O–H groups in total. The lowest BCUT2D eigenvalue weighted by Gasteiger charge is -2.65. The van der Waals surface area contributed by atoms with Gasteiger partial charge in [0.25, 0.3) is 0 Å². The number of carbonyl (C=O) groups is 3. The number of epoxide rings is 1. The highest BCUT2D eigenvalue weighted by Crippen LogP contribution is 2.82. The molecule has 0 aromatic carbocycles. The summed E-state index contributed by atoms with van der Waals surface area (Å²) < 4.78 is 48.0. The van der Waals surface area contributed by atoms with Crippen LogP contribution in [0.3, 0.4) is 0 Å². The molecule has 0 aromatic heterocycles. The van der Waals surface area contributed by atoms with E-state index in [0.717, 1.165) is 0 Å². The largest absolute Gasteiger partial charge is 0.469 e. The summed E-state index contributed by atoms with van der Waals surface area (Å²) in [5.74, 6) is -4.66. The highest BCUT2D eigenvalue weighted by Gasteiger charge is 2.95. The number of carbonyl (C=O) groups excluding carboxylic acids is 3. The molecular weight excluding hydrogens is 620 g/mol. The Morgan fingerprint density at radius 1 is 1.02 bits per heavy atom. The number of fused-ring (bicyclic) bond motifs is 7. The summed E-state index contributed by atoms with van der Waals surface area (Å²) in [6.45, 7) is 6.42. The molecule has 6 unspecified atom stereocenters. The standard InChI is InChI=1S/C33H42O14/c1-7-14(2)24(36)45-17-11-16(34)30-12-44-20(25(37)40-5)21(30)28(3,23(35)19-22(30)31(17,13-43-19)26(38)41-6)33-18-10-15(29(33,4)47-33)32(39)8-9-42-27(32)46-18/h7-9,15-23,27,34-35,39H,10-13H2,1-6H3/b14-7+/t15?,16-,17+,18+,19+,20?,21-,22?,23+,27-,28-,29?,30+,31-,32?,33?/m0/s1. The molecule has 8 aliphatic rings. The summed E-state index contributed by atoms with van der Waals surface area (Å²) in [6.07, 6.45) is -3.30. The molecule has 4 saturated heterocycles. The fraction of sp³-hybridized carbons (Fsp3) is 0.788. The Kier molecular flexibility index (Phi) is 6.44. The predicted octanol–water partition coefficient (Wildman–Crippen LogP) is -0.0939. The van der Waals surface area contributed by atoms with E-state index < -0.39 is 112 Å². The Bertz CT molecular complexity index is 1490. The smallest absolute Gasteiger partial charge is 0.335 e. The summed E-state index contributed by atoms with van der Waals surface area (Å²) in [5, 5.41) is 36.9. The van der Waals surface area contributed by atoms with Gasteiger partial charge in [0.15, 0.2) is 11.7 Å². The molecular formula is C33H42O14. The fourth-order valence-electron chi connectivity index (χ4n) is 11.7. The highest BCUT2D eigenvalue weighted by atomic mass is 16.7. The van der Waals surface area contributed by atoms with E-state index in [9.17, 15) is 29.7 Å². The number of aliphatic hydroxyl groups is 3. The number of hydrogen-bond acceptors (Lipinski definition) is 14. The Labute approximate surface area is 271 Å². The number of aliphatic hydroxyl groups excluding tert-OH is 2. The van der Waals surface area contributed by atoms with Crippen LogP contribution in [0.2, 0.25) is 0 Å². The zero-order valence-electron chi connectivity index (χ0n) is 27.2. The molecule has 5 aliphatic heterocycles. The van der Waals surface area contributed by atoms with Crippen LogP contribution in [0, 0.1) is 34.0 Å². The highest BCUT2D eigenvalue weighted by molar-refractivity contribution is 5.88. The first-order valence-electron chi connectivity index (χ1n) is 16.2. The van der Waals surface area contributed by atoms with Crippen LogP contribution in [0.25, 0.3) is 0 Å². The van der Waals surface area contributed by atoms with Crippen molar-refractivity contribution in [3.8, 4) is 0 Å². The molecule has 1 spiro atoms. The monoisotopic (exact) mass is 662 g/mol. The topological polar surface area (TPSA) is 189 Å². The van der Waals surface area contributed by atoms with E-state index in [4.69, 9.17) is 37.9 Å². The summed E-state index contributed by atoms with van der Waals surface area (Å²) in [5.41, 5.74) is -8.08. The second kappa shape index (κ2) is 9.55. The quantitative estimate of drug-likeness (QED) is 0.153. The summed E-state index contributed by atoms with van der Waals surface area (Å²) in [6, 6.07) is 0. The van der Waals surface area contributed by atoms with Gasteiger partial charge < -0.3 is 53.2 Å². The lowest BCUT2D eigenvalue weighted by Crippen LogP contribution is -2.77. The molecule has 3 aliphatic carbocycles. The normalized spacial score (nSPS) is 56.1. The Morgan fingerprint density at radius 3 is 2.45 bits per heavy atom. The Morgan fingerprint density at radius 2 is 1.77 bits per heavy atom. The maximum atomic E-state index is 14.0. The Balaban J connectivity index is 1.32. The number of ether oxygens (including phenoxy) is 8. The van der Waals surface area contributed by atoms with Gasteiger partial charge in [0, 0.05) is 40.6 Å². The molecule has 14 heteroatoms. The molecule has 8 rings (SSSR count). The molecule has 0 aromatic rings. The van der Waals surface area contributed by atoms with Crippen molar-refractivity contribution in [2.24, 2.45) is 34.0 Å². The number of rotatable bonds is 5. The van der Waals surface area contributed by atoms with Crippen LogP contribution < -0.4 is 0 Å². The molecule has 0 amide bonds. The molecule has 7 fully saturated rings. The van der Waals surface area contributed by atoms with E-state index in [1.807, 2.05) is 6.92 Å². The van der Waals surface area contributed by atoms with Gasteiger partial charge in [-0.3, -0.25) is 4.79 Å². The molecule has 5 heterocycles. The van der Waals surface area contributed by atoms with Gasteiger partial charge in [-0.15, -0.1) is 0 Å².